The molecule has 3 nitrogen and oxygen atoms in total. The molecular weight excluding hydrogens is 210 g/mol. The van der Waals surface area contributed by atoms with Gasteiger partial charge < -0.3 is 0 Å². The van der Waals surface area contributed by atoms with Crippen LogP contribution in [0.3, 0.4) is 0 Å². The Labute approximate surface area is 104 Å². The van der Waals surface area contributed by atoms with Crippen LogP contribution in [0.25, 0.3) is 0 Å². The van der Waals surface area contributed by atoms with Crippen molar-refractivity contribution in [2.75, 3.05) is 0 Å². The van der Waals surface area contributed by atoms with Gasteiger partial charge in [-0.05, 0) is 36.3 Å². The molecule has 0 fully saturated rings. The van der Waals surface area contributed by atoms with E-state index in [4.69, 9.17) is 5.84 Å². The van der Waals surface area contributed by atoms with Crippen LogP contribution in [0.15, 0.2) is 18.3 Å². The summed E-state index contributed by atoms with van der Waals surface area (Å²) in [7, 11) is 0. The van der Waals surface area contributed by atoms with Crippen molar-refractivity contribution in [1.29, 1.82) is 0 Å². The minimum absolute atomic E-state index is 0.325. The normalized spacial score (nSPS) is 22.5. The Hall–Kier alpha value is -0.930. The van der Waals surface area contributed by atoms with Crippen LogP contribution in [-0.2, 0) is 6.42 Å². The Balaban J connectivity index is 2.23. The van der Waals surface area contributed by atoms with E-state index in [9.17, 15) is 0 Å². The zero-order valence-electron chi connectivity index (χ0n) is 11.0. The number of nitrogens with one attached hydrogen (secondary N) is 1. The third-order valence-electron chi connectivity index (χ3n) is 4.25. The van der Waals surface area contributed by atoms with Crippen molar-refractivity contribution in [2.45, 2.75) is 45.6 Å². The van der Waals surface area contributed by atoms with E-state index in [0.717, 1.165) is 12.8 Å². The van der Waals surface area contributed by atoms with Gasteiger partial charge in [0.25, 0.3) is 0 Å². The van der Waals surface area contributed by atoms with E-state index >= 15 is 0 Å². The van der Waals surface area contributed by atoms with Gasteiger partial charge in [0.2, 0.25) is 0 Å². The minimum atomic E-state index is 0.325. The molecule has 1 heterocycles. The molecule has 3 N–H and O–H groups in total. The first kappa shape index (κ1) is 12.5. The fraction of sp³-hybridized carbons (Fsp3) is 0.643. The number of pyridine rings is 1. The molecule has 0 aromatic carbocycles. The van der Waals surface area contributed by atoms with E-state index in [1.807, 2.05) is 12.3 Å². The fourth-order valence-corrected chi connectivity index (χ4v) is 2.84. The van der Waals surface area contributed by atoms with Crippen LogP contribution in [0, 0.1) is 11.8 Å². The molecule has 0 amide bonds. The Morgan fingerprint density at radius 2 is 2.18 bits per heavy atom. The first-order valence-electron chi connectivity index (χ1n) is 6.55. The van der Waals surface area contributed by atoms with E-state index in [1.165, 1.54) is 11.3 Å². The maximum Gasteiger partial charge on any atom is 0.0482 e. The van der Waals surface area contributed by atoms with Gasteiger partial charge in [-0.3, -0.25) is 16.3 Å². The predicted molar refractivity (Wildman–Crippen MR) is 70.4 cm³/mol. The first-order valence-corrected chi connectivity index (χ1v) is 6.55. The standard InChI is InChI=1S/C14H23N3/c1-9(2)10(3)13(17-15)12-7-6-11-5-4-8-16-14(11)12/h4-5,8-10,12-13,17H,6-7,15H2,1-3H3. The van der Waals surface area contributed by atoms with E-state index < -0.39 is 0 Å². The molecule has 3 atom stereocenters. The molecule has 1 aromatic rings. The topological polar surface area (TPSA) is 50.9 Å². The number of aromatic nitrogens is 1. The second-order valence-electron chi connectivity index (χ2n) is 5.49. The fourth-order valence-electron chi connectivity index (χ4n) is 2.84. The smallest absolute Gasteiger partial charge is 0.0482 e. The van der Waals surface area contributed by atoms with Gasteiger partial charge in [-0.1, -0.05) is 26.8 Å². The second kappa shape index (κ2) is 5.15. The number of hydrogen-bond acceptors (Lipinski definition) is 3. The Morgan fingerprint density at radius 3 is 2.82 bits per heavy atom. The molecule has 0 saturated heterocycles. The molecule has 1 aliphatic carbocycles. The van der Waals surface area contributed by atoms with Gasteiger partial charge in [0.15, 0.2) is 0 Å². The van der Waals surface area contributed by atoms with Crippen LogP contribution >= 0.6 is 0 Å². The highest BCUT2D eigenvalue weighted by Gasteiger charge is 2.34. The van der Waals surface area contributed by atoms with Crippen molar-refractivity contribution in [3.05, 3.63) is 29.6 Å². The second-order valence-corrected chi connectivity index (χ2v) is 5.49. The SMILES string of the molecule is CC(C)C(C)C(NN)C1CCc2cccnc21. The van der Waals surface area contributed by atoms with E-state index in [1.54, 1.807) is 0 Å². The number of fused-ring (bicyclic) bond motifs is 1. The lowest BCUT2D eigenvalue weighted by Crippen LogP contribution is -2.45. The monoisotopic (exact) mass is 233 g/mol. The van der Waals surface area contributed by atoms with Gasteiger partial charge in [-0.2, -0.15) is 0 Å². The van der Waals surface area contributed by atoms with Gasteiger partial charge in [0.1, 0.15) is 0 Å². The molecule has 0 aliphatic heterocycles. The highest BCUT2D eigenvalue weighted by molar-refractivity contribution is 5.30. The average molecular weight is 233 g/mol. The van der Waals surface area contributed by atoms with Crippen LogP contribution in [-0.4, -0.2) is 11.0 Å². The molecule has 94 valence electrons. The Kier molecular flexibility index (Phi) is 3.79. The molecule has 0 bridgehead atoms. The largest absolute Gasteiger partial charge is 0.271 e. The lowest BCUT2D eigenvalue weighted by atomic mass is 9.82. The molecule has 2 rings (SSSR count). The number of hydrogen-bond donors (Lipinski definition) is 2. The van der Waals surface area contributed by atoms with Gasteiger partial charge in [0, 0.05) is 23.9 Å². The lowest BCUT2D eigenvalue weighted by Gasteiger charge is -2.31. The molecule has 1 aromatic heterocycles. The minimum Gasteiger partial charge on any atom is -0.271 e. The van der Waals surface area contributed by atoms with Crippen molar-refractivity contribution < 1.29 is 0 Å². The average Bonchev–Trinajstić information content (AvgIpc) is 2.74. The zero-order chi connectivity index (χ0) is 12.4. The van der Waals surface area contributed by atoms with Gasteiger partial charge in [-0.25, -0.2) is 0 Å². The molecule has 3 unspecified atom stereocenters. The van der Waals surface area contributed by atoms with Crippen LogP contribution < -0.4 is 11.3 Å². The van der Waals surface area contributed by atoms with Crippen molar-refractivity contribution in [1.82, 2.24) is 10.4 Å². The van der Waals surface area contributed by atoms with Gasteiger partial charge >= 0.3 is 0 Å². The van der Waals surface area contributed by atoms with Crippen LogP contribution in [0.4, 0.5) is 0 Å². The summed E-state index contributed by atoms with van der Waals surface area (Å²) in [6, 6.07) is 4.54. The van der Waals surface area contributed by atoms with Crippen molar-refractivity contribution in [3.8, 4) is 0 Å². The summed E-state index contributed by atoms with van der Waals surface area (Å²) < 4.78 is 0. The number of nitrogens with two attached hydrogens (primary N) is 1. The van der Waals surface area contributed by atoms with E-state index in [2.05, 4.69) is 37.2 Å². The van der Waals surface area contributed by atoms with Gasteiger partial charge in [-0.15, -0.1) is 0 Å². The Bertz CT molecular complexity index is 375. The summed E-state index contributed by atoms with van der Waals surface area (Å²) in [6.07, 6.45) is 4.19. The number of hydrazine groups is 1. The summed E-state index contributed by atoms with van der Waals surface area (Å²) in [6.45, 7) is 6.78. The predicted octanol–water partition coefficient (Wildman–Crippen LogP) is 2.24. The summed E-state index contributed by atoms with van der Waals surface area (Å²) >= 11 is 0. The van der Waals surface area contributed by atoms with Crippen LogP contribution in [0.2, 0.25) is 0 Å². The van der Waals surface area contributed by atoms with Crippen molar-refractivity contribution >= 4 is 0 Å². The van der Waals surface area contributed by atoms with Crippen molar-refractivity contribution in [2.24, 2.45) is 17.7 Å². The quantitative estimate of drug-likeness (QED) is 0.619. The molecule has 17 heavy (non-hydrogen) atoms. The number of nitrogens with zero attached hydrogens (tertiary/aromatic N) is 1. The van der Waals surface area contributed by atoms with Crippen molar-refractivity contribution in [3.63, 3.8) is 0 Å². The highest BCUT2D eigenvalue weighted by atomic mass is 15.2. The number of rotatable bonds is 4. The summed E-state index contributed by atoms with van der Waals surface area (Å²) in [5.74, 6) is 7.42. The van der Waals surface area contributed by atoms with Crippen LogP contribution in [0.5, 0.6) is 0 Å². The molecule has 3 heteroatoms. The third-order valence-corrected chi connectivity index (χ3v) is 4.25. The molecular formula is C14H23N3. The maximum absolute atomic E-state index is 5.77. The third kappa shape index (κ3) is 2.35. The summed E-state index contributed by atoms with van der Waals surface area (Å²) in [5.41, 5.74) is 5.68. The highest BCUT2D eigenvalue weighted by Crippen LogP contribution is 2.37. The number of aryl methyl sites for hydroxylation is 1. The summed E-state index contributed by atoms with van der Waals surface area (Å²) in [4.78, 5) is 4.56. The molecule has 1 aliphatic rings. The van der Waals surface area contributed by atoms with E-state index in [-0.39, 0.29) is 0 Å². The Morgan fingerprint density at radius 1 is 1.41 bits per heavy atom. The van der Waals surface area contributed by atoms with Gasteiger partial charge in [0.05, 0.1) is 0 Å². The lowest BCUT2D eigenvalue weighted by molar-refractivity contribution is 0.261. The maximum atomic E-state index is 5.77. The first-order chi connectivity index (χ1) is 8.15. The molecule has 0 saturated carbocycles. The molecule has 0 radical (unpaired) electrons. The zero-order valence-corrected chi connectivity index (χ0v) is 11.0. The summed E-state index contributed by atoms with van der Waals surface area (Å²) in [5, 5.41) is 0. The van der Waals surface area contributed by atoms with Crippen LogP contribution in [0.1, 0.15) is 44.4 Å². The molecule has 0 spiro atoms. The van der Waals surface area contributed by atoms with E-state index in [0.29, 0.717) is 23.8 Å².